The van der Waals surface area contributed by atoms with Crippen LogP contribution in [0, 0.1) is 0 Å². The topological polar surface area (TPSA) is 173 Å². The van der Waals surface area contributed by atoms with Crippen molar-refractivity contribution in [3.63, 3.8) is 0 Å². The number of phosphoric ester groups is 1. The van der Waals surface area contributed by atoms with Crippen LogP contribution in [0.15, 0.2) is 0 Å². The quantitative estimate of drug-likeness (QED) is 0.172. The number of carbonyl (C=O) groups excluding carboxylic acids is 1. The van der Waals surface area contributed by atoms with E-state index < -0.39 is 38.8 Å². The molecule has 0 aromatic heterocycles. The SMILES string of the molecule is N[C@@H](C=O)[C@@H](O)[C@H](O)[C@H](O)COP(=O)([O-])O.[Na+]. The second-order valence-corrected chi connectivity index (χ2v) is 4.22. The van der Waals surface area contributed by atoms with Crippen LogP contribution < -0.4 is 40.2 Å². The summed E-state index contributed by atoms with van der Waals surface area (Å²) in [6, 6.07) is -1.43. The first-order valence-electron chi connectivity index (χ1n) is 4.12. The summed E-state index contributed by atoms with van der Waals surface area (Å²) in [6.07, 6.45) is -5.34. The molecule has 0 radical (unpaired) electrons. The summed E-state index contributed by atoms with van der Waals surface area (Å²) in [5.74, 6) is 0. The smallest absolute Gasteiger partial charge is 0.756 e. The predicted octanol–water partition coefficient (Wildman–Crippen LogP) is -6.92. The molecule has 0 spiro atoms. The normalized spacial score (nSPS) is 21.5. The maximum absolute atomic E-state index is 10.1. The molecule has 5 atom stereocenters. The van der Waals surface area contributed by atoms with Crippen LogP contribution in [-0.4, -0.2) is 57.5 Å². The number of hydrogen-bond donors (Lipinski definition) is 5. The standard InChI is InChI=1S/C6H14NO8P.Na/c7-3(1-8)5(10)6(11)4(9)2-15-16(12,13)14;/h1,3-6,9-11H,2,7H2,(H2,12,13,14);/q;+1/p-1/t3-,4+,5+,6+;/m0./s1. The second kappa shape index (κ2) is 8.68. The first-order valence-corrected chi connectivity index (χ1v) is 5.62. The third-order valence-corrected chi connectivity index (χ3v) is 2.18. The van der Waals surface area contributed by atoms with Gasteiger partial charge in [-0.2, -0.15) is 0 Å². The molecule has 0 saturated heterocycles. The number of aldehydes is 1. The molecule has 0 saturated carbocycles. The van der Waals surface area contributed by atoms with Gasteiger partial charge in [0.1, 0.15) is 24.6 Å². The van der Waals surface area contributed by atoms with Crippen LogP contribution in [0.1, 0.15) is 0 Å². The molecule has 96 valence electrons. The molecular weight excluding hydrogens is 268 g/mol. The number of carbonyl (C=O) groups is 1. The van der Waals surface area contributed by atoms with Crippen LogP contribution in [0.25, 0.3) is 0 Å². The zero-order chi connectivity index (χ0) is 12.9. The Labute approximate surface area is 119 Å². The van der Waals surface area contributed by atoms with E-state index >= 15 is 0 Å². The fourth-order valence-electron chi connectivity index (χ4n) is 0.805. The minimum atomic E-state index is -5.02. The molecule has 17 heavy (non-hydrogen) atoms. The molecule has 0 fully saturated rings. The molecule has 0 aliphatic heterocycles. The van der Waals surface area contributed by atoms with Gasteiger partial charge in [-0.3, -0.25) is 4.57 Å². The summed E-state index contributed by atoms with van der Waals surface area (Å²) in [4.78, 5) is 28.5. The number of rotatable bonds is 7. The van der Waals surface area contributed by atoms with E-state index in [2.05, 4.69) is 4.52 Å². The maximum atomic E-state index is 10.1. The summed E-state index contributed by atoms with van der Waals surface area (Å²) < 4.78 is 13.9. The molecule has 0 aliphatic rings. The molecular formula is C6H13NNaO8P. The molecule has 0 bridgehead atoms. The average Bonchev–Trinajstić information content (AvgIpc) is 2.21. The average molecular weight is 281 g/mol. The summed E-state index contributed by atoms with van der Waals surface area (Å²) in [5.41, 5.74) is 5.04. The molecule has 0 aromatic carbocycles. The Morgan fingerprint density at radius 2 is 1.82 bits per heavy atom. The van der Waals surface area contributed by atoms with Gasteiger partial charge < -0.3 is 40.2 Å². The number of aliphatic hydroxyl groups is 3. The number of phosphoric acid groups is 1. The van der Waals surface area contributed by atoms with Crippen molar-refractivity contribution >= 4 is 14.1 Å². The molecule has 0 aromatic rings. The molecule has 6 N–H and O–H groups in total. The molecule has 11 heteroatoms. The summed E-state index contributed by atoms with van der Waals surface area (Å²) in [7, 11) is -5.02. The Morgan fingerprint density at radius 3 is 2.18 bits per heavy atom. The maximum Gasteiger partial charge on any atom is 1.00 e. The fraction of sp³-hybridized carbons (Fsp3) is 0.833. The summed E-state index contributed by atoms with van der Waals surface area (Å²) in [6.45, 7) is -0.971. The Balaban J connectivity index is 0. The largest absolute Gasteiger partial charge is 1.00 e. The summed E-state index contributed by atoms with van der Waals surface area (Å²) >= 11 is 0. The number of aliphatic hydroxyl groups excluding tert-OH is 3. The van der Waals surface area contributed by atoms with Gasteiger partial charge in [0.25, 0.3) is 7.82 Å². The zero-order valence-electron chi connectivity index (χ0n) is 9.04. The Bertz CT molecular complexity index is 273. The van der Waals surface area contributed by atoms with Crippen LogP contribution in [0.3, 0.4) is 0 Å². The number of hydrogen-bond acceptors (Lipinski definition) is 8. The Kier molecular flexibility index (Phi) is 10.2. The third-order valence-electron chi connectivity index (χ3n) is 1.70. The summed E-state index contributed by atoms with van der Waals surface area (Å²) in [5, 5.41) is 27.5. The monoisotopic (exact) mass is 281 g/mol. The first-order chi connectivity index (χ1) is 7.19. The van der Waals surface area contributed by atoms with Gasteiger partial charge in [0.05, 0.1) is 12.6 Å². The number of nitrogens with two attached hydrogens (primary N) is 1. The van der Waals surface area contributed by atoms with E-state index in [9.17, 15) is 19.4 Å². The molecule has 0 aliphatic carbocycles. The second-order valence-electron chi connectivity index (χ2n) is 3.03. The van der Waals surface area contributed by atoms with E-state index in [4.69, 9.17) is 20.8 Å². The van der Waals surface area contributed by atoms with Crippen LogP contribution in [-0.2, 0) is 13.9 Å². The van der Waals surface area contributed by atoms with Crippen LogP contribution >= 0.6 is 7.82 Å². The van der Waals surface area contributed by atoms with E-state index in [-0.39, 0.29) is 35.8 Å². The molecule has 0 heterocycles. The van der Waals surface area contributed by atoms with Crippen molar-refractivity contribution in [1.82, 2.24) is 0 Å². The van der Waals surface area contributed by atoms with Crippen LogP contribution in [0.2, 0.25) is 0 Å². The zero-order valence-corrected chi connectivity index (χ0v) is 11.9. The Morgan fingerprint density at radius 1 is 1.35 bits per heavy atom. The molecule has 9 nitrogen and oxygen atoms in total. The van der Waals surface area contributed by atoms with Gasteiger partial charge in [-0.05, 0) is 0 Å². The third kappa shape index (κ3) is 8.36. The van der Waals surface area contributed by atoms with Crippen molar-refractivity contribution in [2.45, 2.75) is 24.4 Å². The minimum Gasteiger partial charge on any atom is -0.756 e. The van der Waals surface area contributed by atoms with Gasteiger partial charge in [-0.1, -0.05) is 0 Å². The minimum absolute atomic E-state index is 0. The fourth-order valence-corrected chi connectivity index (χ4v) is 1.15. The molecule has 0 rings (SSSR count). The van der Waals surface area contributed by atoms with Gasteiger partial charge in [0.15, 0.2) is 0 Å². The van der Waals surface area contributed by atoms with Crippen molar-refractivity contribution in [2.75, 3.05) is 6.61 Å². The van der Waals surface area contributed by atoms with Crippen molar-refractivity contribution in [2.24, 2.45) is 5.73 Å². The van der Waals surface area contributed by atoms with Gasteiger partial charge in [-0.25, -0.2) is 0 Å². The van der Waals surface area contributed by atoms with Crippen molar-refractivity contribution in [3.8, 4) is 0 Å². The van der Waals surface area contributed by atoms with Gasteiger partial charge in [0, 0.05) is 0 Å². The predicted molar refractivity (Wildman–Crippen MR) is 47.8 cm³/mol. The van der Waals surface area contributed by atoms with E-state index in [0.29, 0.717) is 0 Å². The van der Waals surface area contributed by atoms with E-state index in [1.54, 1.807) is 0 Å². The Hall–Kier alpha value is 0.620. The van der Waals surface area contributed by atoms with E-state index in [0.717, 1.165) is 0 Å². The molecule has 0 amide bonds. The van der Waals surface area contributed by atoms with Crippen molar-refractivity contribution in [1.29, 1.82) is 0 Å². The van der Waals surface area contributed by atoms with E-state index in [1.165, 1.54) is 0 Å². The van der Waals surface area contributed by atoms with Crippen molar-refractivity contribution in [3.05, 3.63) is 0 Å². The van der Waals surface area contributed by atoms with E-state index in [1.807, 2.05) is 0 Å². The van der Waals surface area contributed by atoms with Gasteiger partial charge in [-0.15, -0.1) is 0 Å². The molecule has 1 unspecified atom stereocenters. The van der Waals surface area contributed by atoms with Crippen molar-refractivity contribution < 1.29 is 68.5 Å². The first kappa shape index (κ1) is 19.9. The van der Waals surface area contributed by atoms with Gasteiger partial charge >= 0.3 is 29.6 Å². The van der Waals surface area contributed by atoms with Gasteiger partial charge in [0.2, 0.25) is 0 Å². The van der Waals surface area contributed by atoms with Crippen LogP contribution in [0.5, 0.6) is 0 Å². The van der Waals surface area contributed by atoms with Crippen LogP contribution in [0.4, 0.5) is 0 Å².